The zero-order chi connectivity index (χ0) is 20.5. The predicted molar refractivity (Wildman–Crippen MR) is 106 cm³/mol. The summed E-state index contributed by atoms with van der Waals surface area (Å²) in [5.74, 6) is -1.75. The Kier molecular flexibility index (Phi) is 6.06. The van der Waals surface area contributed by atoms with Crippen molar-refractivity contribution in [3.05, 3.63) is 68.5 Å². The summed E-state index contributed by atoms with van der Waals surface area (Å²) in [5.41, 5.74) is 7.34. The molecule has 3 aromatic rings. The summed E-state index contributed by atoms with van der Waals surface area (Å²) >= 11 is 13.0. The van der Waals surface area contributed by atoms with E-state index in [0.29, 0.717) is 0 Å². The van der Waals surface area contributed by atoms with E-state index in [1.54, 1.807) is 0 Å². The molecule has 148 valence electrons. The van der Waals surface area contributed by atoms with Gasteiger partial charge >= 0.3 is 0 Å². The summed E-state index contributed by atoms with van der Waals surface area (Å²) in [5, 5.41) is 3.84. The number of sulfonamides is 1. The molecule has 12 heteroatoms. The van der Waals surface area contributed by atoms with Gasteiger partial charge < -0.3 is 11.1 Å². The average Bonchev–Trinajstić information content (AvgIpc) is 3.12. The van der Waals surface area contributed by atoms with Gasteiger partial charge in [-0.3, -0.25) is 4.72 Å². The highest BCUT2D eigenvalue weighted by atomic mass is 35.5. The van der Waals surface area contributed by atoms with Crippen molar-refractivity contribution in [1.29, 1.82) is 0 Å². The Balaban J connectivity index is 1.88. The summed E-state index contributed by atoms with van der Waals surface area (Å²) < 4.78 is 55.4. The van der Waals surface area contributed by atoms with Crippen LogP contribution >= 0.6 is 34.5 Å². The van der Waals surface area contributed by atoms with Crippen molar-refractivity contribution in [3.8, 4) is 0 Å². The highest BCUT2D eigenvalue weighted by Crippen LogP contribution is 2.31. The van der Waals surface area contributed by atoms with Gasteiger partial charge in [0.25, 0.3) is 10.0 Å². The molecular weight excluding hydrogens is 453 g/mol. The fourth-order valence-electron chi connectivity index (χ4n) is 2.31. The molecule has 0 saturated heterocycles. The van der Waals surface area contributed by atoms with E-state index in [1.165, 1.54) is 40.4 Å². The molecule has 4 N–H and O–H groups in total. The van der Waals surface area contributed by atoms with Crippen molar-refractivity contribution < 1.29 is 17.2 Å². The molecule has 1 aromatic heterocycles. The molecule has 0 aliphatic rings. The van der Waals surface area contributed by atoms with E-state index >= 15 is 0 Å². The van der Waals surface area contributed by atoms with E-state index in [-0.39, 0.29) is 27.1 Å². The number of anilines is 2. The molecule has 0 aliphatic carbocycles. The minimum Gasteiger partial charge on any atom is -0.365 e. The van der Waals surface area contributed by atoms with Gasteiger partial charge in [-0.25, -0.2) is 22.2 Å². The molecule has 0 fully saturated rings. The third-order valence-corrected chi connectivity index (χ3v) is 6.17. The third-order valence-electron chi connectivity index (χ3n) is 3.61. The van der Waals surface area contributed by atoms with Crippen molar-refractivity contribution in [3.63, 3.8) is 0 Å². The van der Waals surface area contributed by atoms with Crippen LogP contribution in [0.2, 0.25) is 10.0 Å². The molecular formula is C16H12Cl2F2N4O2S2. The minimum atomic E-state index is -4.25. The number of benzene rings is 2. The molecule has 0 unspecified atom stereocenters. The van der Waals surface area contributed by atoms with Crippen molar-refractivity contribution in [2.24, 2.45) is 5.73 Å². The standard InChI is InChI=1S/C16H12Cl2F2N4O2S2/c17-9-3-1-2-8(15(9)20)16(21)23-12-5-11(19)13(4-10(12)18)28(25,26)24-14-6-27-7-22-14/h1-7,16,23-24H,21H2/t16-/m1/s1. The molecule has 0 bridgehead atoms. The first-order chi connectivity index (χ1) is 13.2. The number of nitrogens with one attached hydrogen (secondary N) is 2. The van der Waals surface area contributed by atoms with Crippen LogP contribution in [0.15, 0.2) is 46.1 Å². The second kappa shape index (κ2) is 8.18. The first-order valence-corrected chi connectivity index (χ1v) is 10.7. The van der Waals surface area contributed by atoms with E-state index in [1.807, 2.05) is 0 Å². The molecule has 0 aliphatic heterocycles. The van der Waals surface area contributed by atoms with Crippen LogP contribution in [0.4, 0.5) is 20.3 Å². The number of rotatable bonds is 6. The summed E-state index contributed by atoms with van der Waals surface area (Å²) in [6.07, 6.45) is -1.11. The summed E-state index contributed by atoms with van der Waals surface area (Å²) in [7, 11) is -4.25. The zero-order valence-electron chi connectivity index (χ0n) is 13.8. The molecule has 0 amide bonds. The smallest absolute Gasteiger partial charge is 0.266 e. The van der Waals surface area contributed by atoms with Gasteiger partial charge in [0.2, 0.25) is 0 Å². The zero-order valence-corrected chi connectivity index (χ0v) is 16.9. The number of hydrogen-bond donors (Lipinski definition) is 3. The Morgan fingerprint density at radius 3 is 2.61 bits per heavy atom. The van der Waals surface area contributed by atoms with Gasteiger partial charge in [0.15, 0.2) is 5.82 Å². The van der Waals surface area contributed by atoms with Crippen LogP contribution in [0, 0.1) is 11.6 Å². The lowest BCUT2D eigenvalue weighted by Crippen LogP contribution is -2.22. The van der Waals surface area contributed by atoms with E-state index in [0.717, 1.165) is 12.1 Å². The first-order valence-electron chi connectivity index (χ1n) is 7.55. The number of hydrogen-bond acceptors (Lipinski definition) is 6. The molecule has 3 rings (SSSR count). The Morgan fingerprint density at radius 2 is 1.93 bits per heavy atom. The first kappa shape index (κ1) is 20.7. The molecule has 6 nitrogen and oxygen atoms in total. The summed E-state index contributed by atoms with van der Waals surface area (Å²) in [6.45, 7) is 0. The maximum absolute atomic E-state index is 14.5. The second-order valence-electron chi connectivity index (χ2n) is 5.51. The average molecular weight is 465 g/mol. The van der Waals surface area contributed by atoms with Gasteiger partial charge in [-0.2, -0.15) is 0 Å². The third kappa shape index (κ3) is 4.36. The Labute approximate surface area is 173 Å². The van der Waals surface area contributed by atoms with Crippen LogP contribution in [0.1, 0.15) is 11.7 Å². The molecule has 1 atom stereocenters. The van der Waals surface area contributed by atoms with Gasteiger partial charge in [0, 0.05) is 10.9 Å². The summed E-state index contributed by atoms with van der Waals surface area (Å²) in [6, 6.07) is 6.05. The van der Waals surface area contributed by atoms with Gasteiger partial charge in [0.05, 0.1) is 21.2 Å². The topological polar surface area (TPSA) is 97.1 Å². The fraction of sp³-hybridized carbons (Fsp3) is 0.0625. The SMILES string of the molecule is N[C@H](Nc1cc(F)c(S(=O)(=O)Nc2cscn2)cc1Cl)c1cccc(Cl)c1F. The largest absolute Gasteiger partial charge is 0.365 e. The molecule has 0 radical (unpaired) electrons. The van der Waals surface area contributed by atoms with Crippen LogP contribution in [0.5, 0.6) is 0 Å². The van der Waals surface area contributed by atoms with Crippen molar-refractivity contribution in [1.82, 2.24) is 4.98 Å². The number of nitrogens with two attached hydrogens (primary N) is 1. The van der Waals surface area contributed by atoms with Crippen LogP contribution in [0.3, 0.4) is 0 Å². The second-order valence-corrected chi connectivity index (χ2v) is 8.69. The van der Waals surface area contributed by atoms with Gasteiger partial charge in [-0.05, 0) is 18.2 Å². The number of halogens is 4. The minimum absolute atomic E-state index is 0.0151. The molecule has 1 heterocycles. The van der Waals surface area contributed by atoms with Crippen LogP contribution in [-0.2, 0) is 10.0 Å². The lowest BCUT2D eigenvalue weighted by atomic mass is 10.1. The lowest BCUT2D eigenvalue weighted by Gasteiger charge is -2.18. The number of aromatic nitrogens is 1. The normalized spacial score (nSPS) is 12.6. The monoisotopic (exact) mass is 464 g/mol. The highest BCUT2D eigenvalue weighted by Gasteiger charge is 2.23. The van der Waals surface area contributed by atoms with E-state index < -0.39 is 32.7 Å². The maximum Gasteiger partial charge on any atom is 0.266 e. The quantitative estimate of drug-likeness (QED) is 0.463. The Morgan fingerprint density at radius 1 is 1.18 bits per heavy atom. The number of thiazole rings is 1. The van der Waals surface area contributed by atoms with E-state index in [2.05, 4.69) is 15.0 Å². The van der Waals surface area contributed by atoms with Gasteiger partial charge in [-0.15, -0.1) is 11.3 Å². The van der Waals surface area contributed by atoms with Crippen LogP contribution in [-0.4, -0.2) is 13.4 Å². The van der Waals surface area contributed by atoms with Gasteiger partial charge in [0.1, 0.15) is 22.7 Å². The Hall–Kier alpha value is -1.98. The molecule has 28 heavy (non-hydrogen) atoms. The maximum atomic E-state index is 14.5. The van der Waals surface area contributed by atoms with Crippen molar-refractivity contribution >= 4 is 56.1 Å². The highest BCUT2D eigenvalue weighted by molar-refractivity contribution is 7.92. The van der Waals surface area contributed by atoms with Crippen molar-refractivity contribution in [2.45, 2.75) is 11.1 Å². The van der Waals surface area contributed by atoms with Gasteiger partial charge in [-0.1, -0.05) is 35.3 Å². The van der Waals surface area contributed by atoms with E-state index in [4.69, 9.17) is 28.9 Å². The number of nitrogens with zero attached hydrogens (tertiary/aromatic N) is 1. The van der Waals surface area contributed by atoms with Crippen LogP contribution in [0.25, 0.3) is 0 Å². The van der Waals surface area contributed by atoms with Crippen molar-refractivity contribution in [2.75, 3.05) is 10.0 Å². The Bertz CT molecular complexity index is 1110. The molecule has 2 aromatic carbocycles. The van der Waals surface area contributed by atoms with E-state index in [9.17, 15) is 17.2 Å². The molecule has 0 saturated carbocycles. The predicted octanol–water partition coefficient (Wildman–Crippen LogP) is 4.60. The van der Waals surface area contributed by atoms with Crippen LogP contribution < -0.4 is 15.8 Å². The fourth-order valence-corrected chi connectivity index (χ4v) is 4.42. The lowest BCUT2D eigenvalue weighted by molar-refractivity contribution is 0.570. The summed E-state index contributed by atoms with van der Waals surface area (Å²) in [4.78, 5) is 3.11. The molecule has 0 spiro atoms.